The van der Waals surface area contributed by atoms with Gasteiger partial charge in [0.1, 0.15) is 16.6 Å². The molecule has 1 heterocycles. The van der Waals surface area contributed by atoms with Crippen molar-refractivity contribution in [2.45, 2.75) is 0 Å². The highest BCUT2D eigenvalue weighted by Crippen LogP contribution is 2.25. The van der Waals surface area contributed by atoms with E-state index in [1.54, 1.807) is 0 Å². The smallest absolute Gasteiger partial charge is 0.182 e. The lowest BCUT2D eigenvalue weighted by Gasteiger charge is -1.96. The molecule has 15 heavy (non-hydrogen) atoms. The molecule has 0 fully saturated rings. The number of hydrogen-bond donors (Lipinski definition) is 1. The number of nitrogen functional groups attached to an aromatic ring is 1. The molecule has 0 radical (unpaired) electrons. The number of alkyl halides is 1. The van der Waals surface area contributed by atoms with E-state index in [1.165, 1.54) is 0 Å². The van der Waals surface area contributed by atoms with Crippen LogP contribution in [0.3, 0.4) is 0 Å². The molecule has 2 N–H and O–H groups in total. The van der Waals surface area contributed by atoms with Crippen LogP contribution in [0, 0.1) is 0 Å². The van der Waals surface area contributed by atoms with E-state index in [2.05, 4.69) is 10.1 Å². The third-order valence-electron chi connectivity index (χ3n) is 1.29. The van der Waals surface area contributed by atoms with Gasteiger partial charge in [-0.15, -0.1) is 11.6 Å². The first-order valence-corrected chi connectivity index (χ1v) is 5.55. The summed E-state index contributed by atoms with van der Waals surface area (Å²) in [5, 5.41) is 3.81. The second-order valence-corrected chi connectivity index (χ2v) is 4.30. The van der Waals surface area contributed by atoms with Crippen LogP contribution in [-0.4, -0.2) is 29.5 Å². The molecule has 5 nitrogen and oxygen atoms in total. The number of carbonyl (C=O) groups excluding carboxylic acids is 1. The second kappa shape index (κ2) is 5.89. The predicted octanol–water partition coefficient (Wildman–Crippen LogP) is 1.54. The molecule has 0 aliphatic heterocycles. The quantitative estimate of drug-likeness (QED) is 0.289. The summed E-state index contributed by atoms with van der Waals surface area (Å²) in [6.07, 6.45) is 0.495. The van der Waals surface area contributed by atoms with Gasteiger partial charge in [0.2, 0.25) is 0 Å². The van der Waals surface area contributed by atoms with Crippen molar-refractivity contribution in [1.29, 1.82) is 0 Å². The Morgan fingerprint density at radius 3 is 2.93 bits per heavy atom. The molecule has 8 heteroatoms. The molecule has 0 spiro atoms. The zero-order valence-corrected chi connectivity index (χ0v) is 9.77. The van der Waals surface area contributed by atoms with E-state index in [1.807, 2.05) is 0 Å². The van der Waals surface area contributed by atoms with Crippen LogP contribution in [-0.2, 0) is 9.63 Å². The van der Waals surface area contributed by atoms with E-state index < -0.39 is 0 Å². The second-order valence-electron chi connectivity index (χ2n) is 2.29. The lowest BCUT2D eigenvalue weighted by molar-refractivity contribution is -0.102. The number of oxime groups is 1. The van der Waals surface area contributed by atoms with Crippen molar-refractivity contribution < 1.29 is 9.63 Å². The van der Waals surface area contributed by atoms with E-state index >= 15 is 0 Å². The van der Waals surface area contributed by atoms with Gasteiger partial charge in [0, 0.05) is 0 Å². The van der Waals surface area contributed by atoms with Gasteiger partial charge in [-0.05, 0) is 0 Å². The summed E-state index contributed by atoms with van der Waals surface area (Å²) in [4.78, 5) is 19.3. The van der Waals surface area contributed by atoms with E-state index in [4.69, 9.17) is 33.8 Å². The Hall–Kier alpha value is -0.850. The molecule has 0 aliphatic rings. The number of anilines is 1. The monoisotopic (exact) mass is 267 g/mol. The molecule has 0 bridgehead atoms. The first kappa shape index (κ1) is 12.2. The average molecular weight is 268 g/mol. The number of hydrogen-bond acceptors (Lipinski definition) is 6. The molecule has 1 aromatic rings. The molecule has 1 aromatic heterocycles. The number of aldehydes is 1. The van der Waals surface area contributed by atoms with Crippen molar-refractivity contribution in [3.05, 3.63) is 10.0 Å². The predicted molar refractivity (Wildman–Crippen MR) is 60.8 cm³/mol. The first-order valence-electron chi connectivity index (χ1n) is 3.82. The summed E-state index contributed by atoms with van der Waals surface area (Å²) in [6.45, 7) is 0.204. The standard InChI is InChI=1S/C7H7Cl2N3O2S/c8-1-2-14-12-4(3-13)5-6(9)15-7(10)11-5/h3H,1-2H2,(H2,10,11). The van der Waals surface area contributed by atoms with Crippen molar-refractivity contribution in [2.24, 2.45) is 5.16 Å². The summed E-state index contributed by atoms with van der Waals surface area (Å²) in [5.74, 6) is 0.280. The molecule has 82 valence electrons. The number of nitrogens with zero attached hydrogens (tertiary/aromatic N) is 2. The minimum Gasteiger partial charge on any atom is -0.394 e. The van der Waals surface area contributed by atoms with Crippen molar-refractivity contribution in [1.82, 2.24) is 4.98 Å². The maximum Gasteiger partial charge on any atom is 0.182 e. The van der Waals surface area contributed by atoms with Gasteiger partial charge in [-0.25, -0.2) is 4.98 Å². The fourth-order valence-corrected chi connectivity index (χ4v) is 1.76. The number of aromatic nitrogens is 1. The summed E-state index contributed by atoms with van der Waals surface area (Å²) in [5.41, 5.74) is 5.64. The van der Waals surface area contributed by atoms with Gasteiger partial charge in [-0.2, -0.15) is 0 Å². The molecule has 0 saturated heterocycles. The number of rotatable bonds is 5. The van der Waals surface area contributed by atoms with E-state index in [0.717, 1.165) is 11.3 Å². The van der Waals surface area contributed by atoms with Crippen LogP contribution in [0.25, 0.3) is 0 Å². The highest BCUT2D eigenvalue weighted by Gasteiger charge is 2.14. The Balaban J connectivity index is 2.87. The molecule has 0 atom stereocenters. The van der Waals surface area contributed by atoms with E-state index in [-0.39, 0.29) is 29.0 Å². The van der Waals surface area contributed by atoms with Crippen molar-refractivity contribution >= 4 is 51.7 Å². The average Bonchev–Trinajstić information content (AvgIpc) is 2.53. The third kappa shape index (κ3) is 3.33. The molecular weight excluding hydrogens is 261 g/mol. The lowest BCUT2D eigenvalue weighted by atomic mass is 10.3. The topological polar surface area (TPSA) is 77.6 Å². The lowest BCUT2D eigenvalue weighted by Crippen LogP contribution is -2.05. The zero-order chi connectivity index (χ0) is 11.3. The minimum absolute atomic E-state index is 0.00179. The van der Waals surface area contributed by atoms with Gasteiger partial charge in [-0.3, -0.25) is 4.79 Å². The van der Waals surface area contributed by atoms with Crippen LogP contribution in [0.1, 0.15) is 5.69 Å². The molecule has 0 saturated carbocycles. The zero-order valence-electron chi connectivity index (χ0n) is 7.44. The largest absolute Gasteiger partial charge is 0.394 e. The Kier molecular flexibility index (Phi) is 4.80. The summed E-state index contributed by atoms with van der Waals surface area (Å²) < 4.78 is 0.299. The third-order valence-corrected chi connectivity index (χ3v) is 2.53. The van der Waals surface area contributed by atoms with Gasteiger partial charge in [0.15, 0.2) is 17.1 Å². The fraction of sp³-hybridized carbons (Fsp3) is 0.286. The number of halogens is 2. The fourth-order valence-electron chi connectivity index (χ4n) is 0.745. The highest BCUT2D eigenvalue weighted by atomic mass is 35.5. The summed E-state index contributed by atoms with van der Waals surface area (Å²) in [7, 11) is 0. The number of carbonyl (C=O) groups is 1. The number of thiazole rings is 1. The van der Waals surface area contributed by atoms with Crippen molar-refractivity contribution in [3.8, 4) is 0 Å². The molecule has 0 unspecified atom stereocenters. The SMILES string of the molecule is Nc1nc(C(C=O)=NOCCCl)c(Cl)s1. The normalized spacial score (nSPS) is 11.5. The molecular formula is C7H7Cl2N3O2S. The van der Waals surface area contributed by atoms with Crippen LogP contribution >= 0.6 is 34.5 Å². The molecule has 0 amide bonds. The summed E-state index contributed by atoms with van der Waals surface area (Å²) >= 11 is 12.2. The highest BCUT2D eigenvalue weighted by molar-refractivity contribution is 7.19. The Morgan fingerprint density at radius 2 is 2.47 bits per heavy atom. The van der Waals surface area contributed by atoms with Crippen molar-refractivity contribution in [2.75, 3.05) is 18.2 Å². The van der Waals surface area contributed by atoms with Crippen LogP contribution in [0.15, 0.2) is 5.16 Å². The van der Waals surface area contributed by atoms with Crippen LogP contribution in [0.5, 0.6) is 0 Å². The maximum atomic E-state index is 10.7. The Morgan fingerprint density at radius 1 is 1.73 bits per heavy atom. The number of nitrogens with two attached hydrogens (primary N) is 1. The van der Waals surface area contributed by atoms with Crippen molar-refractivity contribution in [3.63, 3.8) is 0 Å². The Bertz CT molecular complexity index is 380. The van der Waals surface area contributed by atoms with Crippen LogP contribution in [0.2, 0.25) is 4.34 Å². The Labute approximate surface area is 99.8 Å². The molecule has 0 aliphatic carbocycles. The first-order chi connectivity index (χ1) is 7.19. The van der Waals surface area contributed by atoms with Gasteiger partial charge in [0.05, 0.1) is 5.88 Å². The van der Waals surface area contributed by atoms with E-state index in [0.29, 0.717) is 10.6 Å². The van der Waals surface area contributed by atoms with Crippen LogP contribution in [0.4, 0.5) is 5.13 Å². The van der Waals surface area contributed by atoms with Crippen LogP contribution < -0.4 is 5.73 Å². The molecule has 1 rings (SSSR count). The van der Waals surface area contributed by atoms with Gasteiger partial charge in [-0.1, -0.05) is 28.1 Å². The van der Waals surface area contributed by atoms with Gasteiger partial charge in [0.25, 0.3) is 0 Å². The summed E-state index contributed by atoms with van der Waals surface area (Å²) in [6, 6.07) is 0. The van der Waals surface area contributed by atoms with Gasteiger partial charge >= 0.3 is 0 Å². The van der Waals surface area contributed by atoms with Gasteiger partial charge < -0.3 is 10.6 Å². The maximum absolute atomic E-state index is 10.7. The minimum atomic E-state index is -0.00179. The van der Waals surface area contributed by atoms with E-state index in [9.17, 15) is 4.79 Å². The molecule has 0 aromatic carbocycles.